The summed E-state index contributed by atoms with van der Waals surface area (Å²) in [6, 6.07) is 8.66. The van der Waals surface area contributed by atoms with Crippen LogP contribution in [0.2, 0.25) is 0 Å². The Kier molecular flexibility index (Phi) is 5.07. The van der Waals surface area contributed by atoms with Crippen LogP contribution < -0.4 is 5.32 Å². The molecule has 1 aliphatic carbocycles. The summed E-state index contributed by atoms with van der Waals surface area (Å²) in [5.74, 6) is 1.13. The molecular weight excluding hydrogens is 304 g/mol. The Bertz CT molecular complexity index is 597. The summed E-state index contributed by atoms with van der Waals surface area (Å²) in [7, 11) is 0. The minimum Gasteiger partial charge on any atom is -0.448 e. The number of hydrogen-bond acceptors (Lipinski definition) is 3. The molecule has 1 saturated heterocycles. The van der Waals surface area contributed by atoms with Gasteiger partial charge in [-0.15, -0.1) is 0 Å². The van der Waals surface area contributed by atoms with Crippen LogP contribution in [0.15, 0.2) is 24.3 Å². The molecule has 5 heteroatoms. The fourth-order valence-corrected chi connectivity index (χ4v) is 3.22. The van der Waals surface area contributed by atoms with E-state index < -0.39 is 0 Å². The van der Waals surface area contributed by atoms with Gasteiger partial charge in [0.15, 0.2) is 0 Å². The highest BCUT2D eigenvalue weighted by Crippen LogP contribution is 2.47. The number of carbonyl (C=O) groups excluding carboxylic acids is 2. The molecule has 1 aliphatic heterocycles. The van der Waals surface area contributed by atoms with Crippen LogP contribution >= 0.6 is 0 Å². The van der Waals surface area contributed by atoms with Gasteiger partial charge in [0, 0.05) is 19.0 Å². The predicted molar refractivity (Wildman–Crippen MR) is 91.9 cm³/mol. The summed E-state index contributed by atoms with van der Waals surface area (Å²) in [5.41, 5.74) is 2.60. The number of amides is 2. The fourth-order valence-electron chi connectivity index (χ4n) is 3.22. The number of carbonyl (C=O) groups is 2. The zero-order valence-corrected chi connectivity index (χ0v) is 14.5. The topological polar surface area (TPSA) is 58.6 Å². The lowest BCUT2D eigenvalue weighted by Crippen LogP contribution is -2.31. The summed E-state index contributed by atoms with van der Waals surface area (Å²) in [4.78, 5) is 25.2. The van der Waals surface area contributed by atoms with Crippen molar-refractivity contribution >= 4 is 12.0 Å². The zero-order valence-electron chi connectivity index (χ0n) is 14.5. The van der Waals surface area contributed by atoms with E-state index in [2.05, 4.69) is 43.4 Å². The third kappa shape index (κ3) is 3.89. The first-order valence-corrected chi connectivity index (χ1v) is 8.85. The number of rotatable bonds is 7. The molecule has 1 saturated carbocycles. The normalized spacial score (nSPS) is 22.6. The van der Waals surface area contributed by atoms with Crippen LogP contribution in [0.3, 0.4) is 0 Å². The maximum absolute atomic E-state index is 12.2. The van der Waals surface area contributed by atoms with Crippen molar-refractivity contribution in [1.82, 2.24) is 10.2 Å². The van der Waals surface area contributed by atoms with Crippen LogP contribution in [0.25, 0.3) is 0 Å². The minimum absolute atomic E-state index is 0.103. The van der Waals surface area contributed by atoms with Gasteiger partial charge in [0.2, 0.25) is 5.91 Å². The molecule has 2 unspecified atom stereocenters. The van der Waals surface area contributed by atoms with Crippen molar-refractivity contribution in [3.8, 4) is 0 Å². The number of ether oxygens (including phenoxy) is 1. The first-order valence-electron chi connectivity index (χ1n) is 8.85. The quantitative estimate of drug-likeness (QED) is 0.782. The van der Waals surface area contributed by atoms with Crippen LogP contribution in [0.4, 0.5) is 4.79 Å². The van der Waals surface area contributed by atoms with Gasteiger partial charge in [0.25, 0.3) is 0 Å². The van der Waals surface area contributed by atoms with Crippen molar-refractivity contribution in [3.63, 3.8) is 0 Å². The van der Waals surface area contributed by atoms with Crippen molar-refractivity contribution in [2.24, 2.45) is 5.92 Å². The molecule has 0 spiro atoms. The second-order valence-electron chi connectivity index (χ2n) is 7.02. The van der Waals surface area contributed by atoms with Crippen molar-refractivity contribution in [1.29, 1.82) is 0 Å². The van der Waals surface area contributed by atoms with Gasteiger partial charge in [0.05, 0.1) is 6.54 Å². The van der Waals surface area contributed by atoms with Crippen molar-refractivity contribution in [2.75, 3.05) is 26.2 Å². The molecule has 0 radical (unpaired) electrons. The predicted octanol–water partition coefficient (Wildman–Crippen LogP) is 2.87. The van der Waals surface area contributed by atoms with Crippen molar-refractivity contribution < 1.29 is 14.3 Å². The molecule has 1 N–H and O–H groups in total. The van der Waals surface area contributed by atoms with Gasteiger partial charge in [-0.25, -0.2) is 4.79 Å². The van der Waals surface area contributed by atoms with E-state index in [1.165, 1.54) is 11.1 Å². The molecule has 2 amide bonds. The fraction of sp³-hybridized carbons (Fsp3) is 0.579. The standard InChI is InChI=1S/C19H26N2O3/c1-13(2)14-4-6-15(7-5-14)16-12-17(16)18(22)20-8-3-9-21-10-11-24-19(21)23/h4-7,13,16-17H,3,8-12H2,1-2H3,(H,20,22). The van der Waals surface area contributed by atoms with Crippen LogP contribution in [0.1, 0.15) is 49.7 Å². The molecule has 130 valence electrons. The highest BCUT2D eigenvalue weighted by Gasteiger charge is 2.43. The molecule has 0 bridgehead atoms. The second-order valence-corrected chi connectivity index (χ2v) is 7.02. The highest BCUT2D eigenvalue weighted by molar-refractivity contribution is 5.82. The van der Waals surface area contributed by atoms with Crippen LogP contribution in [-0.2, 0) is 9.53 Å². The smallest absolute Gasteiger partial charge is 0.409 e. The van der Waals surface area contributed by atoms with Crippen LogP contribution in [-0.4, -0.2) is 43.1 Å². The highest BCUT2D eigenvalue weighted by atomic mass is 16.6. The summed E-state index contributed by atoms with van der Waals surface area (Å²) in [6.07, 6.45) is 1.46. The molecule has 2 aliphatic rings. The molecule has 2 fully saturated rings. The first-order chi connectivity index (χ1) is 11.6. The largest absolute Gasteiger partial charge is 0.448 e. The Morgan fingerprint density at radius 1 is 1.33 bits per heavy atom. The monoisotopic (exact) mass is 330 g/mol. The molecular formula is C19H26N2O3. The van der Waals surface area contributed by atoms with E-state index in [-0.39, 0.29) is 17.9 Å². The van der Waals surface area contributed by atoms with E-state index in [4.69, 9.17) is 4.74 Å². The number of hydrogen-bond donors (Lipinski definition) is 1. The van der Waals surface area contributed by atoms with Gasteiger partial charge >= 0.3 is 6.09 Å². The summed E-state index contributed by atoms with van der Waals surface area (Å²) in [6.45, 7) is 6.75. The Balaban J connectivity index is 1.38. The molecule has 0 aromatic heterocycles. The van der Waals surface area contributed by atoms with E-state index in [0.717, 1.165) is 12.8 Å². The number of nitrogens with zero attached hydrogens (tertiary/aromatic N) is 1. The molecule has 1 aromatic carbocycles. The molecule has 3 rings (SSSR count). The van der Waals surface area contributed by atoms with E-state index in [9.17, 15) is 9.59 Å². The van der Waals surface area contributed by atoms with Gasteiger partial charge in [-0.3, -0.25) is 4.79 Å². The molecule has 2 atom stereocenters. The lowest BCUT2D eigenvalue weighted by atomic mass is 10.00. The molecule has 5 nitrogen and oxygen atoms in total. The Morgan fingerprint density at radius 3 is 2.71 bits per heavy atom. The minimum atomic E-state index is -0.242. The van der Waals surface area contributed by atoms with Gasteiger partial charge in [-0.2, -0.15) is 0 Å². The number of cyclic esters (lactones) is 1. The number of benzene rings is 1. The lowest BCUT2D eigenvalue weighted by molar-refractivity contribution is -0.122. The van der Waals surface area contributed by atoms with Gasteiger partial charge < -0.3 is 15.0 Å². The Hall–Kier alpha value is -2.04. The average molecular weight is 330 g/mol. The third-order valence-electron chi connectivity index (χ3n) is 4.91. The second kappa shape index (κ2) is 7.24. The third-order valence-corrected chi connectivity index (χ3v) is 4.91. The molecule has 24 heavy (non-hydrogen) atoms. The van der Waals surface area contributed by atoms with Crippen LogP contribution in [0, 0.1) is 5.92 Å². The Labute approximate surface area is 143 Å². The summed E-state index contributed by atoms with van der Waals surface area (Å²) in [5, 5.41) is 3.00. The van der Waals surface area contributed by atoms with Gasteiger partial charge in [-0.05, 0) is 35.8 Å². The van der Waals surface area contributed by atoms with E-state index >= 15 is 0 Å². The first kappa shape index (κ1) is 16.8. The number of nitrogens with one attached hydrogen (secondary N) is 1. The lowest BCUT2D eigenvalue weighted by Gasteiger charge is -2.12. The maximum Gasteiger partial charge on any atom is 0.409 e. The van der Waals surface area contributed by atoms with Crippen LogP contribution in [0.5, 0.6) is 0 Å². The van der Waals surface area contributed by atoms with Crippen molar-refractivity contribution in [2.45, 2.75) is 38.5 Å². The molecule has 1 heterocycles. The van der Waals surface area contributed by atoms with E-state index in [1.807, 2.05) is 0 Å². The summed E-state index contributed by atoms with van der Waals surface area (Å²) < 4.78 is 4.88. The maximum atomic E-state index is 12.2. The SMILES string of the molecule is CC(C)c1ccc(C2CC2C(=O)NCCCN2CCOC2=O)cc1. The Morgan fingerprint density at radius 2 is 2.08 bits per heavy atom. The van der Waals surface area contributed by atoms with Gasteiger partial charge in [-0.1, -0.05) is 38.1 Å². The summed E-state index contributed by atoms with van der Waals surface area (Å²) >= 11 is 0. The van der Waals surface area contributed by atoms with E-state index in [0.29, 0.717) is 38.1 Å². The molecule has 1 aromatic rings. The zero-order chi connectivity index (χ0) is 17.1. The van der Waals surface area contributed by atoms with E-state index in [1.54, 1.807) is 4.90 Å². The van der Waals surface area contributed by atoms with Gasteiger partial charge in [0.1, 0.15) is 6.61 Å². The van der Waals surface area contributed by atoms with Crippen molar-refractivity contribution in [3.05, 3.63) is 35.4 Å². The average Bonchev–Trinajstić information content (AvgIpc) is 3.28.